The number of carbonyl (C=O) groups is 1. The van der Waals surface area contributed by atoms with Gasteiger partial charge in [0.15, 0.2) is 0 Å². The first-order valence-electron chi connectivity index (χ1n) is 6.41. The molecule has 1 aromatic rings. The van der Waals surface area contributed by atoms with Crippen molar-refractivity contribution in [2.24, 2.45) is 0 Å². The van der Waals surface area contributed by atoms with Crippen LogP contribution in [0.2, 0.25) is 0 Å². The smallest absolute Gasteiger partial charge is 0.254 e. The van der Waals surface area contributed by atoms with E-state index in [4.69, 9.17) is 5.73 Å². The zero-order valence-electron chi connectivity index (χ0n) is 10.9. The molecule has 1 amide bonds. The van der Waals surface area contributed by atoms with Gasteiger partial charge >= 0.3 is 0 Å². The summed E-state index contributed by atoms with van der Waals surface area (Å²) in [6, 6.07) is 3.20. The van der Waals surface area contributed by atoms with Crippen LogP contribution in [0.1, 0.15) is 42.1 Å². The van der Waals surface area contributed by atoms with Crippen LogP contribution >= 0.6 is 0 Å². The van der Waals surface area contributed by atoms with E-state index in [1.807, 2.05) is 11.8 Å². The molecule has 0 radical (unpaired) electrons. The first-order valence-corrected chi connectivity index (χ1v) is 6.41. The van der Waals surface area contributed by atoms with Crippen molar-refractivity contribution in [2.75, 3.05) is 12.3 Å². The van der Waals surface area contributed by atoms with E-state index >= 15 is 0 Å². The summed E-state index contributed by atoms with van der Waals surface area (Å²) in [6.07, 6.45) is 3.01. The summed E-state index contributed by atoms with van der Waals surface area (Å²) in [5, 5.41) is 0. The van der Waals surface area contributed by atoms with E-state index in [-0.39, 0.29) is 5.91 Å². The Hall–Kier alpha value is -1.58. The minimum Gasteiger partial charge on any atom is -0.398 e. The van der Waals surface area contributed by atoms with E-state index in [9.17, 15) is 9.18 Å². The number of hydrogen-bond acceptors (Lipinski definition) is 2. The van der Waals surface area contributed by atoms with Crippen LogP contribution in [0.4, 0.5) is 10.1 Å². The van der Waals surface area contributed by atoms with Gasteiger partial charge in [-0.25, -0.2) is 4.39 Å². The number of nitrogens with zero attached hydrogens (tertiary/aromatic N) is 1. The summed E-state index contributed by atoms with van der Waals surface area (Å²) in [6.45, 7) is 4.37. The molecule has 0 spiro atoms. The summed E-state index contributed by atoms with van der Waals surface area (Å²) in [4.78, 5) is 14.2. The number of benzene rings is 1. The first kappa shape index (κ1) is 12.9. The van der Waals surface area contributed by atoms with Gasteiger partial charge in [-0.3, -0.25) is 4.79 Å². The van der Waals surface area contributed by atoms with Crippen LogP contribution in [0.3, 0.4) is 0 Å². The summed E-state index contributed by atoms with van der Waals surface area (Å²) in [7, 11) is 0. The van der Waals surface area contributed by atoms with E-state index in [2.05, 4.69) is 0 Å². The molecule has 1 aliphatic carbocycles. The van der Waals surface area contributed by atoms with Gasteiger partial charge in [0.1, 0.15) is 5.82 Å². The molecule has 0 aromatic heterocycles. The molecule has 0 bridgehead atoms. The van der Waals surface area contributed by atoms with Gasteiger partial charge in [0.05, 0.1) is 0 Å². The predicted molar refractivity (Wildman–Crippen MR) is 69.9 cm³/mol. The highest BCUT2D eigenvalue weighted by atomic mass is 19.1. The van der Waals surface area contributed by atoms with Gasteiger partial charge in [-0.1, -0.05) is 6.92 Å². The molecule has 0 aliphatic heterocycles. The van der Waals surface area contributed by atoms with Crippen LogP contribution in [-0.2, 0) is 0 Å². The number of carbonyl (C=O) groups excluding carboxylic acids is 1. The zero-order chi connectivity index (χ0) is 13.3. The maximum absolute atomic E-state index is 13.6. The van der Waals surface area contributed by atoms with Gasteiger partial charge in [-0.05, 0) is 38.3 Å². The molecular weight excluding hydrogens is 231 g/mol. The second kappa shape index (κ2) is 4.96. The molecule has 0 saturated heterocycles. The van der Waals surface area contributed by atoms with E-state index in [0.29, 0.717) is 22.9 Å². The van der Waals surface area contributed by atoms with Crippen molar-refractivity contribution >= 4 is 11.6 Å². The molecule has 0 unspecified atom stereocenters. The van der Waals surface area contributed by atoms with Crippen molar-refractivity contribution in [3.05, 3.63) is 29.1 Å². The third-order valence-electron chi connectivity index (χ3n) is 3.34. The Morgan fingerprint density at radius 2 is 2.17 bits per heavy atom. The molecule has 18 heavy (non-hydrogen) atoms. The highest BCUT2D eigenvalue weighted by Crippen LogP contribution is 2.29. The Morgan fingerprint density at radius 3 is 2.67 bits per heavy atom. The fourth-order valence-electron chi connectivity index (χ4n) is 2.07. The van der Waals surface area contributed by atoms with E-state index in [1.54, 1.807) is 13.0 Å². The lowest BCUT2D eigenvalue weighted by Gasteiger charge is -2.22. The molecule has 1 fully saturated rings. The number of hydrogen-bond donors (Lipinski definition) is 1. The summed E-state index contributed by atoms with van der Waals surface area (Å²) >= 11 is 0. The van der Waals surface area contributed by atoms with Crippen molar-refractivity contribution in [3.63, 3.8) is 0 Å². The minimum absolute atomic E-state index is 0.107. The zero-order valence-corrected chi connectivity index (χ0v) is 10.9. The second-order valence-corrected chi connectivity index (χ2v) is 4.90. The quantitative estimate of drug-likeness (QED) is 0.835. The van der Waals surface area contributed by atoms with E-state index in [0.717, 1.165) is 25.8 Å². The molecule has 3 nitrogen and oxygen atoms in total. The molecule has 2 rings (SSSR count). The van der Waals surface area contributed by atoms with Crippen molar-refractivity contribution in [3.8, 4) is 0 Å². The van der Waals surface area contributed by atoms with Crippen LogP contribution in [0, 0.1) is 12.7 Å². The molecule has 1 aromatic carbocycles. The summed E-state index contributed by atoms with van der Waals surface area (Å²) < 4.78 is 13.6. The van der Waals surface area contributed by atoms with Crippen LogP contribution in [0.5, 0.6) is 0 Å². The standard InChI is InChI=1S/C14H19FN2O/c1-3-6-17(11-4-5-11)14(18)10-7-12(15)9(2)13(16)8-10/h7-8,11H,3-6,16H2,1-2H3. The van der Waals surface area contributed by atoms with Gasteiger partial charge in [0.25, 0.3) is 5.91 Å². The van der Waals surface area contributed by atoms with Gasteiger partial charge in [-0.15, -0.1) is 0 Å². The Balaban J connectivity index is 2.26. The molecule has 1 aliphatic rings. The van der Waals surface area contributed by atoms with Crippen molar-refractivity contribution in [1.29, 1.82) is 0 Å². The molecule has 1 saturated carbocycles. The second-order valence-electron chi connectivity index (χ2n) is 4.90. The molecule has 98 valence electrons. The number of nitrogen functional groups attached to an aromatic ring is 1. The van der Waals surface area contributed by atoms with Crippen LogP contribution in [-0.4, -0.2) is 23.4 Å². The molecule has 4 heteroatoms. The number of amides is 1. The van der Waals surface area contributed by atoms with E-state index in [1.165, 1.54) is 6.07 Å². The SMILES string of the molecule is CCCN(C(=O)c1cc(N)c(C)c(F)c1)C1CC1. The highest BCUT2D eigenvalue weighted by Gasteiger charge is 2.32. The van der Waals surface area contributed by atoms with Gasteiger partial charge in [-0.2, -0.15) is 0 Å². The number of halogens is 1. The Bertz CT molecular complexity index is 446. The lowest BCUT2D eigenvalue weighted by atomic mass is 10.1. The van der Waals surface area contributed by atoms with Crippen LogP contribution < -0.4 is 5.73 Å². The fourth-order valence-corrected chi connectivity index (χ4v) is 2.07. The first-order chi connectivity index (χ1) is 8.54. The van der Waals surface area contributed by atoms with Crippen molar-refractivity contribution in [2.45, 2.75) is 39.2 Å². The fraction of sp³-hybridized carbons (Fsp3) is 0.500. The number of nitrogens with two attached hydrogens (primary N) is 1. The highest BCUT2D eigenvalue weighted by molar-refractivity contribution is 5.95. The Labute approximate surface area is 107 Å². The summed E-state index contributed by atoms with van der Waals surface area (Å²) in [5.74, 6) is -0.518. The Morgan fingerprint density at radius 1 is 1.50 bits per heavy atom. The topological polar surface area (TPSA) is 46.3 Å². The maximum atomic E-state index is 13.6. The van der Waals surface area contributed by atoms with Gasteiger partial charge < -0.3 is 10.6 Å². The van der Waals surface area contributed by atoms with Gasteiger partial charge in [0, 0.05) is 29.4 Å². The third-order valence-corrected chi connectivity index (χ3v) is 3.34. The number of rotatable bonds is 4. The predicted octanol–water partition coefficient (Wildman–Crippen LogP) is 2.73. The van der Waals surface area contributed by atoms with Gasteiger partial charge in [0.2, 0.25) is 0 Å². The minimum atomic E-state index is -0.411. The molecular formula is C14H19FN2O. The lowest BCUT2D eigenvalue weighted by Crippen LogP contribution is -2.33. The maximum Gasteiger partial charge on any atom is 0.254 e. The molecule has 0 heterocycles. The largest absolute Gasteiger partial charge is 0.398 e. The van der Waals surface area contributed by atoms with E-state index < -0.39 is 5.82 Å². The monoisotopic (exact) mass is 250 g/mol. The Kier molecular flexibility index (Phi) is 3.55. The van der Waals surface area contributed by atoms with Crippen LogP contribution in [0.15, 0.2) is 12.1 Å². The summed E-state index contributed by atoms with van der Waals surface area (Å²) in [5.41, 5.74) is 6.81. The average Bonchev–Trinajstić information content (AvgIpc) is 3.15. The number of anilines is 1. The van der Waals surface area contributed by atoms with Crippen molar-refractivity contribution in [1.82, 2.24) is 4.90 Å². The molecule has 2 N–H and O–H groups in total. The van der Waals surface area contributed by atoms with Crippen LogP contribution in [0.25, 0.3) is 0 Å². The third kappa shape index (κ3) is 2.47. The lowest BCUT2D eigenvalue weighted by molar-refractivity contribution is 0.0742. The normalized spacial score (nSPS) is 14.6. The molecule has 0 atom stereocenters. The average molecular weight is 250 g/mol. The van der Waals surface area contributed by atoms with Crippen molar-refractivity contribution < 1.29 is 9.18 Å².